The Bertz CT molecular complexity index is 715. The molecule has 0 aromatic heterocycles. The highest BCUT2D eigenvalue weighted by atomic mass is 16.5. The van der Waals surface area contributed by atoms with Gasteiger partial charge in [-0.15, -0.1) is 0 Å². The zero-order valence-corrected chi connectivity index (χ0v) is 14.8. The van der Waals surface area contributed by atoms with Crippen molar-refractivity contribution >= 4 is 17.3 Å². The third-order valence-corrected chi connectivity index (χ3v) is 4.48. The van der Waals surface area contributed by atoms with E-state index in [-0.39, 0.29) is 12.5 Å². The number of fused-ring (bicyclic) bond motifs is 1. The van der Waals surface area contributed by atoms with E-state index < -0.39 is 0 Å². The van der Waals surface area contributed by atoms with Crippen LogP contribution in [0.15, 0.2) is 48.5 Å². The molecule has 0 aliphatic carbocycles. The Balaban J connectivity index is 1.64. The average Bonchev–Trinajstić information content (AvgIpc) is 2.66. The maximum Gasteiger partial charge on any atom is 0.246 e. The summed E-state index contributed by atoms with van der Waals surface area (Å²) in [7, 11) is 0. The second-order valence-corrected chi connectivity index (χ2v) is 6.33. The number of carbonyl (C=O) groups excluding carboxylic acids is 1. The fourth-order valence-corrected chi connectivity index (χ4v) is 3.12. The molecule has 0 unspecified atom stereocenters. The van der Waals surface area contributed by atoms with Crippen molar-refractivity contribution in [3.63, 3.8) is 0 Å². The number of benzene rings is 2. The van der Waals surface area contributed by atoms with Crippen molar-refractivity contribution in [2.45, 2.75) is 32.6 Å². The van der Waals surface area contributed by atoms with Crippen molar-refractivity contribution in [2.75, 3.05) is 29.9 Å². The predicted octanol–water partition coefficient (Wildman–Crippen LogP) is 4.26. The highest BCUT2D eigenvalue weighted by Crippen LogP contribution is 2.27. The summed E-state index contributed by atoms with van der Waals surface area (Å²) >= 11 is 0. The van der Waals surface area contributed by atoms with E-state index in [1.165, 1.54) is 5.56 Å². The lowest BCUT2D eigenvalue weighted by molar-refractivity contribution is -0.117. The molecule has 132 valence electrons. The number of anilines is 2. The molecule has 1 amide bonds. The molecule has 0 saturated heterocycles. The number of nitrogens with one attached hydrogen (secondary N) is 1. The quantitative estimate of drug-likeness (QED) is 0.767. The van der Waals surface area contributed by atoms with Gasteiger partial charge in [0.15, 0.2) is 0 Å². The Morgan fingerprint density at radius 1 is 1.16 bits per heavy atom. The molecule has 4 nitrogen and oxygen atoms in total. The van der Waals surface area contributed by atoms with Gasteiger partial charge in [-0.25, -0.2) is 0 Å². The van der Waals surface area contributed by atoms with Gasteiger partial charge in [-0.05, 0) is 43.0 Å². The van der Waals surface area contributed by atoms with Crippen LogP contribution in [0.2, 0.25) is 0 Å². The topological polar surface area (TPSA) is 41.6 Å². The van der Waals surface area contributed by atoms with Crippen molar-refractivity contribution < 1.29 is 9.53 Å². The summed E-state index contributed by atoms with van der Waals surface area (Å²) in [6.45, 7) is 3.89. The first-order valence-corrected chi connectivity index (χ1v) is 9.13. The van der Waals surface area contributed by atoms with Crippen LogP contribution >= 0.6 is 0 Å². The lowest BCUT2D eigenvalue weighted by Gasteiger charge is -2.29. The molecule has 1 aliphatic heterocycles. The molecule has 0 saturated carbocycles. The third kappa shape index (κ3) is 4.32. The number of rotatable bonds is 7. The minimum atomic E-state index is 0.0931. The van der Waals surface area contributed by atoms with Crippen LogP contribution in [0.5, 0.6) is 5.75 Å². The van der Waals surface area contributed by atoms with E-state index in [4.69, 9.17) is 4.74 Å². The number of hydrogen-bond acceptors (Lipinski definition) is 3. The predicted molar refractivity (Wildman–Crippen MR) is 102 cm³/mol. The molecule has 2 aromatic rings. The number of para-hydroxylation sites is 3. The second-order valence-electron chi connectivity index (χ2n) is 6.33. The molecule has 0 fully saturated rings. The summed E-state index contributed by atoms with van der Waals surface area (Å²) in [5.74, 6) is 0.901. The van der Waals surface area contributed by atoms with Crippen LogP contribution in [-0.2, 0) is 11.2 Å². The van der Waals surface area contributed by atoms with Crippen LogP contribution in [0.1, 0.15) is 31.7 Å². The number of carbonyl (C=O) groups is 1. The maximum absolute atomic E-state index is 12.7. The van der Waals surface area contributed by atoms with Gasteiger partial charge in [0.2, 0.25) is 5.91 Å². The van der Waals surface area contributed by atoms with E-state index in [2.05, 4.69) is 18.3 Å². The largest absolute Gasteiger partial charge is 0.491 e. The van der Waals surface area contributed by atoms with Crippen molar-refractivity contribution in [2.24, 2.45) is 0 Å². The molecule has 0 bridgehead atoms. The summed E-state index contributed by atoms with van der Waals surface area (Å²) < 4.78 is 5.82. The maximum atomic E-state index is 12.7. The summed E-state index contributed by atoms with van der Waals surface area (Å²) in [6, 6.07) is 16.0. The molecule has 2 aromatic carbocycles. The number of amides is 1. The van der Waals surface area contributed by atoms with Gasteiger partial charge in [-0.1, -0.05) is 43.7 Å². The fraction of sp³-hybridized carbons (Fsp3) is 0.381. The van der Waals surface area contributed by atoms with Crippen LogP contribution in [0.25, 0.3) is 0 Å². The van der Waals surface area contributed by atoms with Crippen molar-refractivity contribution in [3.05, 3.63) is 54.1 Å². The summed E-state index contributed by atoms with van der Waals surface area (Å²) in [4.78, 5) is 14.6. The van der Waals surface area contributed by atoms with E-state index in [1.54, 1.807) is 0 Å². The smallest absolute Gasteiger partial charge is 0.246 e. The van der Waals surface area contributed by atoms with Gasteiger partial charge in [-0.2, -0.15) is 0 Å². The van der Waals surface area contributed by atoms with Gasteiger partial charge in [0.25, 0.3) is 0 Å². The van der Waals surface area contributed by atoms with Gasteiger partial charge < -0.3 is 15.0 Å². The van der Waals surface area contributed by atoms with E-state index in [0.717, 1.165) is 49.4 Å². The molecule has 0 atom stereocenters. The molecule has 1 aliphatic rings. The first kappa shape index (κ1) is 17.3. The SMILES string of the molecule is CCCCOc1ccccc1NCC(=O)N1CCCc2ccccc21. The Kier molecular flexibility index (Phi) is 5.94. The summed E-state index contributed by atoms with van der Waals surface area (Å²) in [5.41, 5.74) is 3.18. The van der Waals surface area contributed by atoms with Crippen LogP contribution in [0, 0.1) is 0 Å². The molecule has 3 rings (SSSR count). The Hall–Kier alpha value is -2.49. The van der Waals surface area contributed by atoms with Gasteiger partial charge in [0.05, 0.1) is 18.8 Å². The minimum absolute atomic E-state index is 0.0931. The normalized spacial score (nSPS) is 13.2. The van der Waals surface area contributed by atoms with Crippen molar-refractivity contribution in [1.82, 2.24) is 0 Å². The van der Waals surface area contributed by atoms with Crippen LogP contribution < -0.4 is 15.0 Å². The summed E-state index contributed by atoms with van der Waals surface area (Å²) in [6.07, 6.45) is 4.18. The lowest BCUT2D eigenvalue weighted by atomic mass is 10.0. The standard InChI is InChI=1S/C21H26N2O2/c1-2-3-15-25-20-13-7-5-11-18(20)22-16-21(24)23-14-8-10-17-9-4-6-12-19(17)23/h4-7,9,11-13,22H,2-3,8,10,14-16H2,1H3. The van der Waals surface area contributed by atoms with Crippen LogP contribution in [0.4, 0.5) is 11.4 Å². The first-order chi connectivity index (χ1) is 12.3. The Morgan fingerprint density at radius 2 is 1.96 bits per heavy atom. The minimum Gasteiger partial charge on any atom is -0.491 e. The van der Waals surface area contributed by atoms with E-state index in [0.29, 0.717) is 6.61 Å². The highest BCUT2D eigenvalue weighted by Gasteiger charge is 2.21. The monoisotopic (exact) mass is 338 g/mol. The molecule has 0 spiro atoms. The van der Waals surface area contributed by atoms with E-state index in [9.17, 15) is 4.79 Å². The molecular formula is C21H26N2O2. The van der Waals surface area contributed by atoms with Crippen molar-refractivity contribution in [3.8, 4) is 5.75 Å². The molecule has 0 radical (unpaired) electrons. The number of aryl methyl sites for hydroxylation is 1. The molecule has 25 heavy (non-hydrogen) atoms. The summed E-state index contributed by atoms with van der Waals surface area (Å²) in [5, 5.41) is 3.25. The molecule has 4 heteroatoms. The lowest BCUT2D eigenvalue weighted by Crippen LogP contribution is -2.39. The van der Waals surface area contributed by atoms with Crippen molar-refractivity contribution in [1.29, 1.82) is 0 Å². The van der Waals surface area contributed by atoms with Gasteiger partial charge in [0.1, 0.15) is 5.75 Å². The van der Waals surface area contributed by atoms with E-state index in [1.807, 2.05) is 47.4 Å². The Morgan fingerprint density at radius 3 is 2.84 bits per heavy atom. The third-order valence-electron chi connectivity index (χ3n) is 4.48. The fourth-order valence-electron chi connectivity index (χ4n) is 3.12. The first-order valence-electron chi connectivity index (χ1n) is 9.13. The van der Waals surface area contributed by atoms with Gasteiger partial charge in [-0.3, -0.25) is 4.79 Å². The van der Waals surface area contributed by atoms with Crippen LogP contribution in [-0.4, -0.2) is 25.6 Å². The molecule has 1 heterocycles. The number of hydrogen-bond donors (Lipinski definition) is 1. The molecule has 1 N–H and O–H groups in total. The number of unbranched alkanes of at least 4 members (excludes halogenated alkanes) is 1. The van der Waals surface area contributed by atoms with Gasteiger partial charge >= 0.3 is 0 Å². The number of ether oxygens (including phenoxy) is 1. The van der Waals surface area contributed by atoms with E-state index >= 15 is 0 Å². The second kappa shape index (κ2) is 8.56. The average molecular weight is 338 g/mol. The van der Waals surface area contributed by atoms with Gasteiger partial charge in [0, 0.05) is 12.2 Å². The Labute approximate surface area is 149 Å². The molecular weight excluding hydrogens is 312 g/mol. The highest BCUT2D eigenvalue weighted by molar-refractivity contribution is 5.97. The number of nitrogens with zero attached hydrogens (tertiary/aromatic N) is 1. The van der Waals surface area contributed by atoms with Crippen LogP contribution in [0.3, 0.4) is 0 Å². The zero-order chi connectivity index (χ0) is 17.5. The zero-order valence-electron chi connectivity index (χ0n) is 14.8.